The van der Waals surface area contributed by atoms with E-state index in [0.717, 1.165) is 12.8 Å². The minimum absolute atomic E-state index is 0.0884. The van der Waals surface area contributed by atoms with Crippen LogP contribution in [0.25, 0.3) is 0 Å². The van der Waals surface area contributed by atoms with Gasteiger partial charge in [-0.3, -0.25) is 0 Å². The maximum Gasteiger partial charge on any atom is 0.346 e. The average Bonchev–Trinajstić information content (AvgIpc) is 2.38. The van der Waals surface area contributed by atoms with Crippen LogP contribution in [-0.2, 0) is 4.65 Å². The first-order chi connectivity index (χ1) is 9.44. The van der Waals surface area contributed by atoms with Crippen molar-refractivity contribution in [3.05, 3.63) is 24.1 Å². The summed E-state index contributed by atoms with van der Waals surface area (Å²) in [7, 11) is 0. The molecule has 20 heavy (non-hydrogen) atoms. The Morgan fingerprint density at radius 1 is 0.950 bits per heavy atom. The Bertz CT molecular complexity index is 261. The lowest BCUT2D eigenvalue weighted by Gasteiger charge is -2.32. The van der Waals surface area contributed by atoms with Gasteiger partial charge in [-0.05, 0) is 32.6 Å². The van der Waals surface area contributed by atoms with Gasteiger partial charge in [0, 0.05) is 5.60 Å². The Morgan fingerprint density at radius 3 is 1.75 bits per heavy atom. The third-order valence-electron chi connectivity index (χ3n) is 3.93. The van der Waals surface area contributed by atoms with E-state index in [1.807, 2.05) is 0 Å². The van der Waals surface area contributed by atoms with E-state index in [4.69, 9.17) is 4.65 Å². The fourth-order valence-electron chi connectivity index (χ4n) is 1.73. The van der Waals surface area contributed by atoms with Crippen LogP contribution in [0.5, 0.6) is 0 Å². The highest BCUT2D eigenvalue weighted by Gasteiger charge is 2.26. The molecular formula is C18H35BO. The smallest absolute Gasteiger partial charge is 0.346 e. The summed E-state index contributed by atoms with van der Waals surface area (Å²) >= 11 is 0. The van der Waals surface area contributed by atoms with Crippen LogP contribution in [0.15, 0.2) is 24.1 Å². The normalized spacial score (nSPS) is 12.9. The molecule has 0 saturated carbocycles. The molecule has 0 amide bonds. The van der Waals surface area contributed by atoms with Gasteiger partial charge in [0.2, 0.25) is 0 Å². The molecule has 0 N–H and O–H groups in total. The van der Waals surface area contributed by atoms with E-state index in [-0.39, 0.29) is 12.5 Å². The summed E-state index contributed by atoms with van der Waals surface area (Å²) in [5.74, 6) is 4.96. The Morgan fingerprint density at radius 2 is 1.40 bits per heavy atom. The summed E-state index contributed by atoms with van der Waals surface area (Å²) in [4.78, 5) is 0. The predicted molar refractivity (Wildman–Crippen MR) is 93.1 cm³/mol. The predicted octanol–water partition coefficient (Wildman–Crippen LogP) is 6.00. The molecule has 0 aromatic rings. The van der Waals surface area contributed by atoms with E-state index in [0.29, 0.717) is 5.92 Å². The van der Waals surface area contributed by atoms with Gasteiger partial charge in [0.25, 0.3) is 0 Å². The minimum atomic E-state index is -0.0884. The number of hydrogen-bond donors (Lipinski definition) is 0. The SMILES string of the molecule is CCCC/C=C/B(/C=C/CCCC)OC(C)(C)C(C)C. The second-order valence-electron chi connectivity index (χ2n) is 6.48. The molecule has 0 unspecified atom stereocenters. The maximum atomic E-state index is 6.29. The van der Waals surface area contributed by atoms with Crippen molar-refractivity contribution in [1.82, 2.24) is 0 Å². The molecule has 0 fully saturated rings. The molecule has 0 aromatic heterocycles. The Hall–Kier alpha value is -0.495. The van der Waals surface area contributed by atoms with Crippen molar-refractivity contribution in [2.75, 3.05) is 0 Å². The van der Waals surface area contributed by atoms with Crippen molar-refractivity contribution >= 4 is 6.92 Å². The Balaban J connectivity index is 4.53. The molecule has 0 aliphatic rings. The highest BCUT2D eigenvalue weighted by molar-refractivity contribution is 6.63. The van der Waals surface area contributed by atoms with Crippen molar-refractivity contribution in [2.24, 2.45) is 5.92 Å². The lowest BCUT2D eigenvalue weighted by molar-refractivity contribution is 0.0618. The molecule has 116 valence electrons. The molecule has 0 aromatic carbocycles. The quantitative estimate of drug-likeness (QED) is 0.332. The van der Waals surface area contributed by atoms with E-state index in [1.165, 1.54) is 25.7 Å². The summed E-state index contributed by atoms with van der Waals surface area (Å²) in [6, 6.07) is 0. The first kappa shape index (κ1) is 19.5. The highest BCUT2D eigenvalue weighted by atomic mass is 16.5. The summed E-state index contributed by atoms with van der Waals surface area (Å²) in [6.45, 7) is 13.4. The van der Waals surface area contributed by atoms with Crippen LogP contribution in [0.1, 0.15) is 80.1 Å². The summed E-state index contributed by atoms with van der Waals surface area (Å²) in [5.41, 5.74) is -0.0884. The number of rotatable bonds is 11. The third-order valence-corrected chi connectivity index (χ3v) is 3.93. The maximum absolute atomic E-state index is 6.29. The fraction of sp³-hybridized carbons (Fsp3) is 0.778. The molecule has 0 aliphatic heterocycles. The molecule has 0 radical (unpaired) electrons. The molecule has 1 nitrogen and oxygen atoms in total. The van der Waals surface area contributed by atoms with Crippen molar-refractivity contribution in [3.8, 4) is 0 Å². The van der Waals surface area contributed by atoms with E-state index in [1.54, 1.807) is 0 Å². The molecule has 0 aliphatic carbocycles. The minimum Gasteiger partial charge on any atom is -0.422 e. The zero-order valence-electron chi connectivity index (χ0n) is 14.6. The summed E-state index contributed by atoms with van der Waals surface area (Å²) in [6.07, 6.45) is 11.9. The van der Waals surface area contributed by atoms with Crippen LogP contribution >= 0.6 is 0 Å². The van der Waals surface area contributed by atoms with Crippen molar-refractivity contribution in [3.63, 3.8) is 0 Å². The van der Waals surface area contributed by atoms with Crippen LogP contribution in [0.2, 0.25) is 0 Å². The van der Waals surface area contributed by atoms with Crippen molar-refractivity contribution in [2.45, 2.75) is 85.7 Å². The van der Waals surface area contributed by atoms with Gasteiger partial charge in [-0.1, -0.05) is 77.5 Å². The van der Waals surface area contributed by atoms with E-state index in [9.17, 15) is 0 Å². The van der Waals surface area contributed by atoms with Gasteiger partial charge in [0.15, 0.2) is 0 Å². The zero-order chi connectivity index (χ0) is 15.4. The summed E-state index contributed by atoms with van der Waals surface area (Å²) in [5, 5.41) is 0. The van der Waals surface area contributed by atoms with Gasteiger partial charge in [-0.25, -0.2) is 0 Å². The number of hydrogen-bond acceptors (Lipinski definition) is 1. The van der Waals surface area contributed by atoms with E-state index in [2.05, 4.69) is 65.6 Å². The molecule has 2 heteroatoms. The lowest BCUT2D eigenvalue weighted by atomic mass is 9.66. The Kier molecular flexibility index (Phi) is 10.9. The second-order valence-corrected chi connectivity index (χ2v) is 6.48. The topological polar surface area (TPSA) is 9.23 Å². The Labute approximate surface area is 128 Å². The van der Waals surface area contributed by atoms with Crippen LogP contribution in [0.3, 0.4) is 0 Å². The zero-order valence-corrected chi connectivity index (χ0v) is 14.6. The fourth-order valence-corrected chi connectivity index (χ4v) is 1.73. The van der Waals surface area contributed by atoms with Crippen molar-refractivity contribution in [1.29, 1.82) is 0 Å². The van der Waals surface area contributed by atoms with Crippen LogP contribution in [-0.4, -0.2) is 12.5 Å². The summed E-state index contributed by atoms with van der Waals surface area (Å²) < 4.78 is 6.29. The number of allylic oxidation sites excluding steroid dienone is 2. The molecule has 0 spiro atoms. The van der Waals surface area contributed by atoms with Crippen LogP contribution in [0, 0.1) is 5.92 Å². The van der Waals surface area contributed by atoms with E-state index < -0.39 is 0 Å². The molecule has 0 atom stereocenters. The highest BCUT2D eigenvalue weighted by Crippen LogP contribution is 2.22. The van der Waals surface area contributed by atoms with Crippen LogP contribution in [0.4, 0.5) is 0 Å². The monoisotopic (exact) mass is 278 g/mol. The van der Waals surface area contributed by atoms with Gasteiger partial charge in [0.05, 0.1) is 0 Å². The first-order valence-corrected chi connectivity index (χ1v) is 8.45. The second kappa shape index (κ2) is 11.2. The molecular weight excluding hydrogens is 243 g/mol. The van der Waals surface area contributed by atoms with Gasteiger partial charge < -0.3 is 4.65 Å². The van der Waals surface area contributed by atoms with E-state index >= 15 is 0 Å². The first-order valence-electron chi connectivity index (χ1n) is 8.45. The van der Waals surface area contributed by atoms with Gasteiger partial charge in [0.1, 0.15) is 0 Å². The molecule has 0 saturated heterocycles. The number of unbranched alkanes of at least 4 members (excludes halogenated alkanes) is 4. The van der Waals surface area contributed by atoms with Crippen LogP contribution < -0.4 is 0 Å². The third kappa shape index (κ3) is 9.42. The molecule has 0 rings (SSSR count). The largest absolute Gasteiger partial charge is 0.422 e. The van der Waals surface area contributed by atoms with Gasteiger partial charge in [-0.15, -0.1) is 0 Å². The van der Waals surface area contributed by atoms with Crippen molar-refractivity contribution < 1.29 is 4.65 Å². The molecule has 0 heterocycles. The average molecular weight is 278 g/mol. The standard InChI is InChI=1S/C18H35BO/c1-7-9-11-13-15-19(16-14-12-10-8-2)20-18(5,6)17(3)4/h13-17H,7-12H2,1-6H3/b15-13+,16-14+. The molecule has 0 bridgehead atoms. The lowest BCUT2D eigenvalue weighted by Crippen LogP contribution is -2.36. The van der Waals surface area contributed by atoms with Gasteiger partial charge in [-0.2, -0.15) is 0 Å². The van der Waals surface area contributed by atoms with Gasteiger partial charge >= 0.3 is 6.92 Å².